The third kappa shape index (κ3) is 1.83. The second-order valence-electron chi connectivity index (χ2n) is 5.22. The minimum Gasteiger partial charge on any atom is -0.387 e. The quantitative estimate of drug-likeness (QED) is 0.892. The maximum atomic E-state index is 10.6. The van der Waals surface area contributed by atoms with Crippen LogP contribution in [0.15, 0.2) is 48.8 Å². The Morgan fingerprint density at radius 1 is 1.17 bits per heavy atom. The largest absolute Gasteiger partial charge is 0.387 e. The van der Waals surface area contributed by atoms with E-state index in [1.165, 1.54) is 5.56 Å². The number of aliphatic hydroxyl groups is 1. The van der Waals surface area contributed by atoms with Crippen LogP contribution in [0.25, 0.3) is 0 Å². The Morgan fingerprint density at radius 2 is 1.89 bits per heavy atom. The zero-order valence-corrected chi connectivity index (χ0v) is 10.5. The van der Waals surface area contributed by atoms with Crippen molar-refractivity contribution in [3.8, 4) is 0 Å². The fourth-order valence-corrected chi connectivity index (χ4v) is 2.67. The molecule has 1 atom stereocenters. The van der Waals surface area contributed by atoms with Crippen molar-refractivity contribution in [2.75, 3.05) is 0 Å². The first-order chi connectivity index (χ1) is 8.72. The van der Waals surface area contributed by atoms with Crippen LogP contribution in [0, 0.1) is 6.92 Å². The van der Waals surface area contributed by atoms with Crippen LogP contribution in [0.3, 0.4) is 0 Å². The van der Waals surface area contributed by atoms with Gasteiger partial charge < -0.3 is 5.11 Å². The maximum Gasteiger partial charge on any atom is 0.0901 e. The van der Waals surface area contributed by atoms with Gasteiger partial charge in [0.1, 0.15) is 0 Å². The molecule has 1 fully saturated rings. The Labute approximate surface area is 107 Å². The highest BCUT2D eigenvalue weighted by Crippen LogP contribution is 2.56. The lowest BCUT2D eigenvalue weighted by molar-refractivity contribution is 0.132. The van der Waals surface area contributed by atoms with Crippen molar-refractivity contribution < 1.29 is 5.11 Å². The van der Waals surface area contributed by atoms with Gasteiger partial charge in [0, 0.05) is 17.8 Å². The summed E-state index contributed by atoms with van der Waals surface area (Å²) in [7, 11) is 0. The third-order valence-electron chi connectivity index (χ3n) is 3.87. The highest BCUT2D eigenvalue weighted by molar-refractivity contribution is 5.37. The molecule has 92 valence electrons. The van der Waals surface area contributed by atoms with Crippen LogP contribution in [0.1, 0.15) is 35.6 Å². The molecule has 0 spiro atoms. The Bertz CT molecular complexity index is 546. The SMILES string of the molecule is Cc1cncc(C(O)C2(c3ccccc3)CC2)c1. The summed E-state index contributed by atoms with van der Waals surface area (Å²) in [6.07, 6.45) is 5.24. The summed E-state index contributed by atoms with van der Waals surface area (Å²) in [5.41, 5.74) is 3.17. The second kappa shape index (κ2) is 4.21. The number of aliphatic hydroxyl groups excluding tert-OH is 1. The molecule has 0 aliphatic heterocycles. The van der Waals surface area contributed by atoms with Crippen LogP contribution < -0.4 is 0 Å². The fraction of sp³-hybridized carbons (Fsp3) is 0.312. The number of aryl methyl sites for hydroxylation is 1. The predicted octanol–water partition coefficient (Wildman–Crippen LogP) is 3.16. The molecule has 18 heavy (non-hydrogen) atoms. The van der Waals surface area contributed by atoms with E-state index in [0.717, 1.165) is 24.0 Å². The molecule has 2 nitrogen and oxygen atoms in total. The zero-order valence-electron chi connectivity index (χ0n) is 10.5. The number of pyridine rings is 1. The van der Waals surface area contributed by atoms with Gasteiger partial charge in [0.15, 0.2) is 0 Å². The Hall–Kier alpha value is -1.67. The van der Waals surface area contributed by atoms with Crippen molar-refractivity contribution >= 4 is 0 Å². The first kappa shape index (κ1) is 11.4. The molecule has 3 rings (SSSR count). The van der Waals surface area contributed by atoms with Crippen LogP contribution in [0.5, 0.6) is 0 Å². The maximum absolute atomic E-state index is 10.6. The molecule has 2 aromatic rings. The zero-order chi connectivity index (χ0) is 12.6. The average molecular weight is 239 g/mol. The van der Waals surface area contributed by atoms with E-state index < -0.39 is 6.10 Å². The third-order valence-corrected chi connectivity index (χ3v) is 3.87. The number of hydrogen-bond acceptors (Lipinski definition) is 2. The lowest BCUT2D eigenvalue weighted by Crippen LogP contribution is -2.18. The van der Waals surface area contributed by atoms with Gasteiger partial charge in [0.25, 0.3) is 0 Å². The summed E-state index contributed by atoms with van der Waals surface area (Å²) in [6.45, 7) is 2.01. The normalized spacial score (nSPS) is 18.3. The molecule has 0 radical (unpaired) electrons. The van der Waals surface area contributed by atoms with Gasteiger partial charge in [-0.3, -0.25) is 4.98 Å². The van der Waals surface area contributed by atoms with Gasteiger partial charge in [-0.2, -0.15) is 0 Å². The van der Waals surface area contributed by atoms with Crippen LogP contribution in [-0.4, -0.2) is 10.1 Å². The minimum atomic E-state index is -0.452. The Kier molecular flexibility index (Phi) is 2.67. The summed E-state index contributed by atoms with van der Waals surface area (Å²) in [5, 5.41) is 10.6. The van der Waals surface area contributed by atoms with Crippen molar-refractivity contribution in [1.82, 2.24) is 4.98 Å². The first-order valence-electron chi connectivity index (χ1n) is 6.37. The molecule has 1 aromatic carbocycles. The molecular formula is C16H17NO. The molecule has 2 heteroatoms. The molecule has 1 N–H and O–H groups in total. The first-order valence-corrected chi connectivity index (χ1v) is 6.37. The minimum absolute atomic E-state index is 0.0866. The standard InChI is InChI=1S/C16H17NO/c1-12-9-13(11-17-10-12)15(18)16(7-8-16)14-5-3-2-4-6-14/h2-6,9-11,15,18H,7-8H2,1H3. The number of rotatable bonds is 3. The summed E-state index contributed by atoms with van der Waals surface area (Å²) < 4.78 is 0. The lowest BCUT2D eigenvalue weighted by atomic mass is 9.86. The van der Waals surface area contributed by atoms with E-state index in [1.807, 2.05) is 37.4 Å². The number of aromatic nitrogens is 1. The average Bonchev–Trinajstić information content (AvgIpc) is 3.20. The Balaban J connectivity index is 1.95. The molecule has 1 aliphatic carbocycles. The molecule has 0 bridgehead atoms. The highest BCUT2D eigenvalue weighted by atomic mass is 16.3. The molecule has 0 saturated heterocycles. The van der Waals surface area contributed by atoms with Crippen LogP contribution in [-0.2, 0) is 5.41 Å². The Morgan fingerprint density at radius 3 is 2.50 bits per heavy atom. The molecule has 1 heterocycles. The van der Waals surface area contributed by atoms with Gasteiger partial charge in [-0.1, -0.05) is 36.4 Å². The smallest absolute Gasteiger partial charge is 0.0901 e. The molecular weight excluding hydrogens is 222 g/mol. The van der Waals surface area contributed by atoms with E-state index in [9.17, 15) is 5.11 Å². The van der Waals surface area contributed by atoms with Crippen LogP contribution in [0.2, 0.25) is 0 Å². The predicted molar refractivity (Wildman–Crippen MR) is 71.3 cm³/mol. The van der Waals surface area contributed by atoms with Crippen molar-refractivity contribution in [2.45, 2.75) is 31.3 Å². The molecule has 0 amide bonds. The van der Waals surface area contributed by atoms with Gasteiger partial charge in [-0.25, -0.2) is 0 Å². The van der Waals surface area contributed by atoms with Gasteiger partial charge in [0.2, 0.25) is 0 Å². The molecule has 1 saturated carbocycles. The topological polar surface area (TPSA) is 33.1 Å². The second-order valence-corrected chi connectivity index (χ2v) is 5.22. The van der Waals surface area contributed by atoms with Crippen LogP contribution >= 0.6 is 0 Å². The summed E-state index contributed by atoms with van der Waals surface area (Å²) >= 11 is 0. The summed E-state index contributed by atoms with van der Waals surface area (Å²) in [5.74, 6) is 0. The number of nitrogens with zero attached hydrogens (tertiary/aromatic N) is 1. The number of hydrogen-bond donors (Lipinski definition) is 1. The van der Waals surface area contributed by atoms with Crippen molar-refractivity contribution in [2.24, 2.45) is 0 Å². The van der Waals surface area contributed by atoms with E-state index in [1.54, 1.807) is 6.20 Å². The fourth-order valence-electron chi connectivity index (χ4n) is 2.67. The van der Waals surface area contributed by atoms with Gasteiger partial charge in [0.05, 0.1) is 6.10 Å². The van der Waals surface area contributed by atoms with E-state index in [0.29, 0.717) is 0 Å². The number of benzene rings is 1. The monoisotopic (exact) mass is 239 g/mol. The highest BCUT2D eigenvalue weighted by Gasteiger charge is 2.50. The van der Waals surface area contributed by atoms with E-state index in [2.05, 4.69) is 17.1 Å². The summed E-state index contributed by atoms with van der Waals surface area (Å²) in [4.78, 5) is 4.18. The molecule has 1 aliphatic rings. The van der Waals surface area contributed by atoms with E-state index >= 15 is 0 Å². The molecule has 1 aromatic heterocycles. The van der Waals surface area contributed by atoms with Gasteiger partial charge >= 0.3 is 0 Å². The van der Waals surface area contributed by atoms with Crippen LogP contribution in [0.4, 0.5) is 0 Å². The van der Waals surface area contributed by atoms with Crippen molar-refractivity contribution in [3.63, 3.8) is 0 Å². The van der Waals surface area contributed by atoms with E-state index in [4.69, 9.17) is 0 Å². The van der Waals surface area contributed by atoms with Crippen molar-refractivity contribution in [1.29, 1.82) is 0 Å². The van der Waals surface area contributed by atoms with Gasteiger partial charge in [-0.05, 0) is 36.5 Å². The van der Waals surface area contributed by atoms with Gasteiger partial charge in [-0.15, -0.1) is 0 Å². The van der Waals surface area contributed by atoms with Crippen molar-refractivity contribution in [3.05, 3.63) is 65.5 Å². The lowest BCUT2D eigenvalue weighted by Gasteiger charge is -2.23. The summed E-state index contributed by atoms with van der Waals surface area (Å²) in [6, 6.07) is 12.3. The molecule has 1 unspecified atom stereocenters. The van der Waals surface area contributed by atoms with E-state index in [-0.39, 0.29) is 5.41 Å².